The third kappa shape index (κ3) is 7.87. The highest BCUT2D eigenvalue weighted by molar-refractivity contribution is 6.33. The molecule has 0 spiro atoms. The van der Waals surface area contributed by atoms with Crippen molar-refractivity contribution in [1.29, 1.82) is 0 Å². The number of carbonyl (C=O) groups is 2. The summed E-state index contributed by atoms with van der Waals surface area (Å²) in [6.07, 6.45) is 1.01. The summed E-state index contributed by atoms with van der Waals surface area (Å²) < 4.78 is 0. The number of amides is 2. The van der Waals surface area contributed by atoms with Crippen LogP contribution in [0.1, 0.15) is 32.8 Å². The number of rotatable bonds is 5. The Labute approximate surface area is 167 Å². The van der Waals surface area contributed by atoms with Crippen LogP contribution in [0.5, 0.6) is 0 Å². The average molecular weight is 397 g/mol. The van der Waals surface area contributed by atoms with Gasteiger partial charge in [0.15, 0.2) is 13.1 Å². The molecule has 1 aliphatic heterocycles. The Hall–Kier alpha value is -1.63. The molecule has 0 bridgehead atoms. The van der Waals surface area contributed by atoms with Crippen molar-refractivity contribution >= 4 is 29.1 Å². The summed E-state index contributed by atoms with van der Waals surface area (Å²) >= 11 is 6.19. The molecule has 4 N–H and O–H groups in total. The lowest BCUT2D eigenvalue weighted by Crippen LogP contribution is -3.18. The molecule has 0 radical (unpaired) electrons. The smallest absolute Gasteiger partial charge is 0.279 e. The van der Waals surface area contributed by atoms with Crippen LogP contribution in [0.3, 0.4) is 0 Å². The van der Waals surface area contributed by atoms with Gasteiger partial charge in [0.25, 0.3) is 11.8 Å². The molecule has 0 saturated carbocycles. The third-order valence-corrected chi connectivity index (χ3v) is 4.94. The molecule has 27 heavy (non-hydrogen) atoms. The van der Waals surface area contributed by atoms with E-state index < -0.39 is 0 Å². The quantitative estimate of drug-likeness (QED) is 0.551. The van der Waals surface area contributed by atoms with Crippen LogP contribution in [-0.2, 0) is 9.59 Å². The van der Waals surface area contributed by atoms with Crippen molar-refractivity contribution in [3.63, 3.8) is 0 Å². The number of carbonyl (C=O) groups excluding carboxylic acids is 2. The monoisotopic (exact) mass is 396 g/mol. The van der Waals surface area contributed by atoms with Gasteiger partial charge in [0.05, 0.1) is 23.8 Å². The highest BCUT2D eigenvalue weighted by Gasteiger charge is 2.25. The summed E-state index contributed by atoms with van der Waals surface area (Å²) in [4.78, 5) is 27.1. The zero-order valence-corrected chi connectivity index (χ0v) is 17.6. The van der Waals surface area contributed by atoms with Crippen molar-refractivity contribution < 1.29 is 19.4 Å². The molecule has 6 nitrogen and oxygen atoms in total. The molecule has 2 unspecified atom stereocenters. The second-order valence-corrected chi connectivity index (χ2v) is 8.94. The third-order valence-electron chi connectivity index (χ3n) is 4.63. The zero-order valence-electron chi connectivity index (χ0n) is 16.9. The first-order valence-corrected chi connectivity index (χ1v) is 10.0. The maximum atomic E-state index is 12.4. The fourth-order valence-corrected chi connectivity index (χ4v) is 3.66. The number of benzene rings is 1. The number of halogens is 1. The van der Waals surface area contributed by atoms with E-state index in [0.717, 1.165) is 38.2 Å². The van der Waals surface area contributed by atoms with Gasteiger partial charge in [-0.2, -0.15) is 0 Å². The van der Waals surface area contributed by atoms with Gasteiger partial charge in [-0.3, -0.25) is 9.59 Å². The molecule has 1 saturated heterocycles. The van der Waals surface area contributed by atoms with Crippen LogP contribution in [0.4, 0.5) is 5.69 Å². The molecule has 0 aliphatic carbocycles. The minimum Gasteiger partial charge on any atom is -0.347 e. The standard InChI is InChI=1S/C20H31ClN4O2/c1-15-6-7-17(16(21)12-15)22-18(26)13-24-8-5-9-25(11-10-24)14-19(27)23-20(2,3)4/h6-7,12H,5,8-11,13-14H2,1-4H3,(H,22,26)(H,23,27)/p+2. The molecule has 7 heteroatoms. The zero-order chi connectivity index (χ0) is 20.0. The molecule has 150 valence electrons. The highest BCUT2D eigenvalue weighted by Crippen LogP contribution is 2.22. The van der Waals surface area contributed by atoms with E-state index in [1.54, 1.807) is 0 Å². The predicted molar refractivity (Wildman–Crippen MR) is 108 cm³/mol. The summed E-state index contributed by atoms with van der Waals surface area (Å²) in [5.41, 5.74) is 1.52. The largest absolute Gasteiger partial charge is 0.347 e. The number of nitrogens with one attached hydrogen (secondary N) is 4. The van der Waals surface area contributed by atoms with Gasteiger partial charge in [-0.25, -0.2) is 0 Å². The summed E-state index contributed by atoms with van der Waals surface area (Å²) in [5.74, 6) is 0.0670. The van der Waals surface area contributed by atoms with Crippen LogP contribution in [0.15, 0.2) is 18.2 Å². The van der Waals surface area contributed by atoms with Crippen LogP contribution in [0, 0.1) is 6.92 Å². The van der Waals surface area contributed by atoms with Crippen molar-refractivity contribution in [2.75, 3.05) is 44.6 Å². The molecule has 1 aliphatic rings. The molecule has 0 aromatic heterocycles. The maximum Gasteiger partial charge on any atom is 0.279 e. The molecule has 1 heterocycles. The minimum atomic E-state index is -0.199. The lowest BCUT2D eigenvalue weighted by atomic mass is 10.1. The van der Waals surface area contributed by atoms with Gasteiger partial charge >= 0.3 is 0 Å². The topological polar surface area (TPSA) is 67.1 Å². The molecular weight excluding hydrogens is 364 g/mol. The Balaban J connectivity index is 1.80. The predicted octanol–water partition coefficient (Wildman–Crippen LogP) is -0.325. The van der Waals surface area contributed by atoms with E-state index in [0.29, 0.717) is 23.8 Å². The van der Waals surface area contributed by atoms with Gasteiger partial charge in [0, 0.05) is 12.0 Å². The Morgan fingerprint density at radius 3 is 2.19 bits per heavy atom. The fraction of sp³-hybridized carbons (Fsp3) is 0.600. The summed E-state index contributed by atoms with van der Waals surface area (Å²) in [7, 11) is 0. The lowest BCUT2D eigenvalue weighted by molar-refractivity contribution is -0.930. The van der Waals surface area contributed by atoms with E-state index in [2.05, 4.69) is 10.6 Å². The van der Waals surface area contributed by atoms with Crippen molar-refractivity contribution in [3.05, 3.63) is 28.8 Å². The van der Waals surface area contributed by atoms with E-state index in [1.165, 1.54) is 9.80 Å². The van der Waals surface area contributed by atoms with Gasteiger partial charge in [0.2, 0.25) is 0 Å². The van der Waals surface area contributed by atoms with Crippen LogP contribution in [-0.4, -0.2) is 56.6 Å². The highest BCUT2D eigenvalue weighted by atomic mass is 35.5. The van der Waals surface area contributed by atoms with Crippen LogP contribution in [0.2, 0.25) is 5.02 Å². The van der Waals surface area contributed by atoms with Crippen molar-refractivity contribution in [2.24, 2.45) is 0 Å². The molecular formula is C20H33ClN4O2+2. The second-order valence-electron chi connectivity index (χ2n) is 8.54. The summed E-state index contributed by atoms with van der Waals surface area (Å²) in [6, 6.07) is 5.62. The Morgan fingerprint density at radius 1 is 1.04 bits per heavy atom. The van der Waals surface area contributed by atoms with E-state index in [9.17, 15) is 9.59 Å². The van der Waals surface area contributed by atoms with Crippen LogP contribution >= 0.6 is 11.6 Å². The van der Waals surface area contributed by atoms with E-state index >= 15 is 0 Å². The number of aryl methyl sites for hydroxylation is 1. The summed E-state index contributed by atoms with van der Waals surface area (Å²) in [6.45, 7) is 12.6. The second kappa shape index (κ2) is 9.53. The molecule has 2 atom stereocenters. The van der Waals surface area contributed by atoms with Gasteiger partial charge in [-0.05, 0) is 45.4 Å². The number of hydrogen-bond donors (Lipinski definition) is 4. The Morgan fingerprint density at radius 2 is 1.63 bits per heavy atom. The number of quaternary nitrogens is 2. The minimum absolute atomic E-state index is 0.0234. The average Bonchev–Trinajstić information content (AvgIpc) is 2.73. The number of hydrogen-bond acceptors (Lipinski definition) is 2. The molecule has 2 rings (SSSR count). The SMILES string of the molecule is Cc1ccc(NC(=O)C[NH+]2CCC[NH+](CC(=O)NC(C)(C)C)CC2)c(Cl)c1. The van der Waals surface area contributed by atoms with E-state index in [4.69, 9.17) is 11.6 Å². The first-order valence-electron chi connectivity index (χ1n) is 9.66. The van der Waals surface area contributed by atoms with E-state index in [-0.39, 0.29) is 17.4 Å². The normalized spacial score (nSPS) is 20.6. The number of anilines is 1. The molecule has 1 fully saturated rings. The first kappa shape index (κ1) is 21.7. The van der Waals surface area contributed by atoms with Gasteiger partial charge in [-0.1, -0.05) is 17.7 Å². The Bertz CT molecular complexity index is 672. The van der Waals surface area contributed by atoms with Crippen LogP contribution in [0.25, 0.3) is 0 Å². The molecule has 1 aromatic rings. The summed E-state index contributed by atoms with van der Waals surface area (Å²) in [5, 5.41) is 6.50. The van der Waals surface area contributed by atoms with Gasteiger partial charge < -0.3 is 20.4 Å². The van der Waals surface area contributed by atoms with Crippen molar-refractivity contribution in [2.45, 2.75) is 39.7 Å². The first-order chi connectivity index (χ1) is 12.6. The maximum absolute atomic E-state index is 12.4. The molecule has 2 amide bonds. The fourth-order valence-electron chi connectivity index (χ4n) is 3.38. The molecule has 1 aromatic carbocycles. The van der Waals surface area contributed by atoms with Crippen LogP contribution < -0.4 is 20.4 Å². The lowest BCUT2D eigenvalue weighted by Gasteiger charge is -2.22. The van der Waals surface area contributed by atoms with Gasteiger partial charge in [-0.15, -0.1) is 0 Å². The van der Waals surface area contributed by atoms with E-state index in [1.807, 2.05) is 45.9 Å². The van der Waals surface area contributed by atoms with Gasteiger partial charge in [0.1, 0.15) is 13.1 Å². The van der Waals surface area contributed by atoms with Crippen molar-refractivity contribution in [3.8, 4) is 0 Å². The Kier molecular flexibility index (Phi) is 7.65. The van der Waals surface area contributed by atoms with Crippen molar-refractivity contribution in [1.82, 2.24) is 5.32 Å².